The lowest BCUT2D eigenvalue weighted by Crippen LogP contribution is -2.29. The second kappa shape index (κ2) is 7.22. The summed E-state index contributed by atoms with van der Waals surface area (Å²) in [5.74, 6) is 3.94. The molecule has 0 saturated heterocycles. The Balaban J connectivity index is 2.19. The summed E-state index contributed by atoms with van der Waals surface area (Å²) in [6.07, 6.45) is 0. The molecule has 6 N–H and O–H groups in total. The molecule has 2 aromatic carbocycles. The number of hydrogen-bond donors (Lipinski definition) is 4. The summed E-state index contributed by atoms with van der Waals surface area (Å²) in [5.41, 5.74) is 9.66. The number of hydrazine groups is 1. The number of carboxylic acid groups (broad SMARTS) is 1. The molecular formula is C15H14ClN3O2S. The maximum Gasteiger partial charge on any atom is 0.356 e. The molecule has 0 aliphatic rings. The molecule has 0 unspecified atom stereocenters. The molecule has 0 saturated carbocycles. The summed E-state index contributed by atoms with van der Waals surface area (Å²) in [6.45, 7) is 0. The van der Waals surface area contributed by atoms with Gasteiger partial charge in [0.2, 0.25) is 0 Å². The molecule has 0 amide bonds. The molecule has 7 heteroatoms. The normalized spacial score (nSPS) is 11.7. The summed E-state index contributed by atoms with van der Waals surface area (Å²) in [5, 5.41) is 9.71. The van der Waals surface area contributed by atoms with Crippen LogP contribution in [-0.2, 0) is 4.79 Å². The molecule has 0 aliphatic carbocycles. The summed E-state index contributed by atoms with van der Waals surface area (Å²) in [6, 6.07) is 15.1. The molecular weight excluding hydrogens is 322 g/mol. The first-order valence-corrected chi connectivity index (χ1v) is 7.44. The smallest absolute Gasteiger partial charge is 0.356 e. The quantitative estimate of drug-likeness (QED) is 0.290. The zero-order valence-corrected chi connectivity index (χ0v) is 13.0. The van der Waals surface area contributed by atoms with Crippen LogP contribution in [-0.4, -0.2) is 11.1 Å². The van der Waals surface area contributed by atoms with Crippen LogP contribution >= 0.6 is 23.4 Å². The zero-order chi connectivity index (χ0) is 16.1. The molecule has 22 heavy (non-hydrogen) atoms. The molecule has 0 atom stereocenters. The van der Waals surface area contributed by atoms with Gasteiger partial charge >= 0.3 is 5.97 Å². The van der Waals surface area contributed by atoms with E-state index in [9.17, 15) is 4.79 Å². The first-order valence-electron chi connectivity index (χ1n) is 6.25. The van der Waals surface area contributed by atoms with Crippen molar-refractivity contribution in [1.29, 1.82) is 0 Å². The first kappa shape index (κ1) is 16.2. The van der Waals surface area contributed by atoms with Crippen LogP contribution in [0.4, 0.5) is 0 Å². The molecule has 2 rings (SSSR count). The Morgan fingerprint density at radius 3 is 2.00 bits per heavy atom. The van der Waals surface area contributed by atoms with Crippen molar-refractivity contribution in [2.75, 3.05) is 0 Å². The number of carbonyl (C=O) groups is 1. The Labute approximate surface area is 136 Å². The van der Waals surface area contributed by atoms with Crippen LogP contribution in [0.3, 0.4) is 0 Å². The van der Waals surface area contributed by atoms with Crippen molar-refractivity contribution in [3.63, 3.8) is 0 Å². The van der Waals surface area contributed by atoms with Gasteiger partial charge in [-0.05, 0) is 35.4 Å². The van der Waals surface area contributed by atoms with Crippen molar-refractivity contribution in [2.24, 2.45) is 11.6 Å². The van der Waals surface area contributed by atoms with Crippen molar-refractivity contribution in [1.82, 2.24) is 5.43 Å². The minimum atomic E-state index is -1.20. The van der Waals surface area contributed by atoms with E-state index in [1.54, 1.807) is 0 Å². The van der Waals surface area contributed by atoms with Gasteiger partial charge < -0.3 is 16.3 Å². The molecule has 0 aliphatic heterocycles. The lowest BCUT2D eigenvalue weighted by Gasteiger charge is -2.08. The summed E-state index contributed by atoms with van der Waals surface area (Å²) < 4.78 is 0. The Morgan fingerprint density at radius 2 is 1.55 bits per heavy atom. The van der Waals surface area contributed by atoms with Crippen LogP contribution in [0, 0.1) is 0 Å². The van der Waals surface area contributed by atoms with Crippen LogP contribution in [0.1, 0.15) is 0 Å². The second-order valence-corrected chi connectivity index (χ2v) is 5.87. The molecule has 114 valence electrons. The van der Waals surface area contributed by atoms with Gasteiger partial charge in [0.15, 0.2) is 5.70 Å². The zero-order valence-electron chi connectivity index (χ0n) is 11.4. The fourth-order valence-electron chi connectivity index (χ4n) is 1.77. The van der Waals surface area contributed by atoms with Crippen molar-refractivity contribution in [3.05, 3.63) is 64.3 Å². The van der Waals surface area contributed by atoms with Gasteiger partial charge in [-0.25, -0.2) is 4.79 Å². The number of halogens is 1. The molecule has 0 radical (unpaired) electrons. The van der Waals surface area contributed by atoms with Crippen LogP contribution in [0.5, 0.6) is 0 Å². The maximum absolute atomic E-state index is 10.9. The van der Waals surface area contributed by atoms with E-state index in [2.05, 4.69) is 5.43 Å². The largest absolute Gasteiger partial charge is 0.476 e. The minimum Gasteiger partial charge on any atom is -0.476 e. The topological polar surface area (TPSA) is 101 Å². The fourth-order valence-corrected chi connectivity index (χ4v) is 2.67. The van der Waals surface area contributed by atoms with Gasteiger partial charge in [-0.15, -0.1) is 0 Å². The van der Waals surface area contributed by atoms with E-state index in [0.29, 0.717) is 5.02 Å². The Hall–Kier alpha value is -2.15. The number of nitrogens with two attached hydrogens (primary N) is 2. The Bertz CT molecular complexity index is 700. The van der Waals surface area contributed by atoms with Crippen LogP contribution in [0.2, 0.25) is 5.02 Å². The van der Waals surface area contributed by atoms with Crippen molar-refractivity contribution in [3.8, 4) is 11.1 Å². The van der Waals surface area contributed by atoms with Crippen LogP contribution in [0.25, 0.3) is 11.1 Å². The predicted octanol–water partition coefficient (Wildman–Crippen LogP) is 2.77. The summed E-state index contributed by atoms with van der Waals surface area (Å²) in [4.78, 5) is 11.7. The van der Waals surface area contributed by atoms with Crippen molar-refractivity contribution >= 4 is 29.3 Å². The van der Waals surface area contributed by atoms with Gasteiger partial charge in [-0.3, -0.25) is 5.84 Å². The number of thioether (sulfide) groups is 1. The van der Waals surface area contributed by atoms with E-state index >= 15 is 0 Å². The van der Waals surface area contributed by atoms with Gasteiger partial charge in [0.1, 0.15) is 5.03 Å². The third kappa shape index (κ3) is 3.94. The highest BCUT2D eigenvalue weighted by Crippen LogP contribution is 2.28. The molecule has 0 spiro atoms. The van der Waals surface area contributed by atoms with E-state index in [0.717, 1.165) is 27.8 Å². The first-order chi connectivity index (χ1) is 10.5. The lowest BCUT2D eigenvalue weighted by molar-refractivity contribution is -0.133. The summed E-state index contributed by atoms with van der Waals surface area (Å²) >= 11 is 6.99. The Morgan fingerprint density at radius 1 is 1.05 bits per heavy atom. The van der Waals surface area contributed by atoms with Gasteiger partial charge in [0.25, 0.3) is 0 Å². The van der Waals surface area contributed by atoms with E-state index in [1.165, 1.54) is 0 Å². The SMILES string of the molecule is NN/C(C(=O)O)=C(\N)Sc1ccc(-c2ccc(Cl)cc2)cc1. The fraction of sp³-hybridized carbons (Fsp3) is 0. The predicted molar refractivity (Wildman–Crippen MR) is 88.9 cm³/mol. The Kier molecular flexibility index (Phi) is 5.32. The van der Waals surface area contributed by atoms with E-state index < -0.39 is 5.97 Å². The number of carboxylic acids is 1. The lowest BCUT2D eigenvalue weighted by atomic mass is 10.1. The van der Waals surface area contributed by atoms with Crippen LogP contribution < -0.4 is 17.0 Å². The molecule has 0 fully saturated rings. The number of aliphatic carboxylic acids is 1. The van der Waals surface area contributed by atoms with E-state index in [-0.39, 0.29) is 10.7 Å². The summed E-state index contributed by atoms with van der Waals surface area (Å²) in [7, 11) is 0. The van der Waals surface area contributed by atoms with Gasteiger partial charge in [0.05, 0.1) is 0 Å². The highest BCUT2D eigenvalue weighted by atomic mass is 35.5. The molecule has 2 aromatic rings. The maximum atomic E-state index is 10.9. The highest BCUT2D eigenvalue weighted by Gasteiger charge is 2.12. The minimum absolute atomic E-state index is 0.0919. The van der Waals surface area contributed by atoms with Gasteiger partial charge in [0, 0.05) is 9.92 Å². The number of nitrogens with one attached hydrogen (secondary N) is 1. The third-order valence-corrected chi connectivity index (χ3v) is 4.05. The van der Waals surface area contributed by atoms with Crippen molar-refractivity contribution < 1.29 is 9.90 Å². The van der Waals surface area contributed by atoms with Crippen molar-refractivity contribution in [2.45, 2.75) is 4.90 Å². The monoisotopic (exact) mass is 335 g/mol. The molecule has 0 bridgehead atoms. The highest BCUT2D eigenvalue weighted by molar-refractivity contribution is 8.03. The third-order valence-electron chi connectivity index (χ3n) is 2.86. The molecule has 0 heterocycles. The molecule has 0 aromatic heterocycles. The number of hydrogen-bond acceptors (Lipinski definition) is 5. The number of benzene rings is 2. The van der Waals surface area contributed by atoms with E-state index in [1.807, 2.05) is 48.5 Å². The van der Waals surface area contributed by atoms with Gasteiger partial charge in [-0.1, -0.05) is 47.6 Å². The van der Waals surface area contributed by atoms with Gasteiger partial charge in [-0.2, -0.15) is 0 Å². The standard InChI is InChI=1S/C15H14ClN3O2S/c16-11-5-1-9(2-6-11)10-3-7-12(8-4-10)22-14(17)13(19-18)15(20)21/h1-8,19H,17-18H2,(H,20,21)/b14-13+. The molecule has 5 nitrogen and oxygen atoms in total. The second-order valence-electron chi connectivity index (χ2n) is 4.32. The van der Waals surface area contributed by atoms with E-state index in [4.69, 9.17) is 28.3 Å². The average molecular weight is 336 g/mol. The average Bonchev–Trinajstić information content (AvgIpc) is 2.49. The van der Waals surface area contributed by atoms with Crippen LogP contribution in [0.15, 0.2) is 64.2 Å². The number of rotatable bonds is 5.